The number of nitrogens with one attached hydrogen (secondary N) is 1. The molecule has 0 atom stereocenters. The molecule has 2 heterocycles. The van der Waals surface area contributed by atoms with Gasteiger partial charge in [0.1, 0.15) is 11.4 Å². The Morgan fingerprint density at radius 2 is 2.15 bits per heavy atom. The first kappa shape index (κ1) is 12.6. The molecule has 0 aliphatic heterocycles. The van der Waals surface area contributed by atoms with Gasteiger partial charge in [-0.25, -0.2) is 9.97 Å². The van der Waals surface area contributed by atoms with Crippen LogP contribution >= 0.6 is 0 Å². The standard InChI is InChI=1S/C15H15N3O2/c1-9-3-4-12-13(5-9)18-15(17-12)14-10(8-19)6-11(20-2)7-16-14/h3-7,19H,8H2,1-2H3,(H,17,18). The van der Waals surface area contributed by atoms with Crippen LogP contribution in [0.5, 0.6) is 5.75 Å². The molecule has 0 saturated heterocycles. The second kappa shape index (κ2) is 4.94. The van der Waals surface area contributed by atoms with Crippen LogP contribution in [0.1, 0.15) is 11.1 Å². The van der Waals surface area contributed by atoms with E-state index in [1.165, 1.54) is 0 Å². The van der Waals surface area contributed by atoms with Crippen LogP contribution in [-0.2, 0) is 6.61 Å². The topological polar surface area (TPSA) is 71.0 Å². The predicted molar refractivity (Wildman–Crippen MR) is 76.5 cm³/mol. The minimum atomic E-state index is -0.115. The van der Waals surface area contributed by atoms with Gasteiger partial charge in [0.05, 0.1) is 30.9 Å². The van der Waals surface area contributed by atoms with E-state index in [4.69, 9.17) is 4.74 Å². The number of aromatic nitrogens is 3. The Morgan fingerprint density at radius 3 is 2.90 bits per heavy atom. The lowest BCUT2D eigenvalue weighted by molar-refractivity contribution is 0.281. The highest BCUT2D eigenvalue weighted by atomic mass is 16.5. The molecule has 0 saturated carbocycles. The third kappa shape index (κ3) is 2.12. The van der Waals surface area contributed by atoms with Gasteiger partial charge in [-0.3, -0.25) is 0 Å². The molecule has 3 aromatic rings. The van der Waals surface area contributed by atoms with E-state index in [9.17, 15) is 5.11 Å². The minimum Gasteiger partial charge on any atom is -0.495 e. The molecule has 20 heavy (non-hydrogen) atoms. The van der Waals surface area contributed by atoms with E-state index in [0.717, 1.165) is 16.6 Å². The summed E-state index contributed by atoms with van der Waals surface area (Å²) in [6.07, 6.45) is 1.62. The second-order valence-corrected chi connectivity index (χ2v) is 4.65. The van der Waals surface area contributed by atoms with Crippen LogP contribution < -0.4 is 4.74 Å². The number of aliphatic hydroxyl groups is 1. The van der Waals surface area contributed by atoms with Gasteiger partial charge in [-0.15, -0.1) is 0 Å². The molecule has 1 aromatic carbocycles. The zero-order valence-corrected chi connectivity index (χ0v) is 11.3. The lowest BCUT2D eigenvalue weighted by Gasteiger charge is -2.06. The number of ether oxygens (including phenoxy) is 1. The monoisotopic (exact) mass is 269 g/mol. The van der Waals surface area contributed by atoms with Crippen molar-refractivity contribution in [2.45, 2.75) is 13.5 Å². The third-order valence-electron chi connectivity index (χ3n) is 3.21. The number of pyridine rings is 1. The average molecular weight is 269 g/mol. The molecule has 102 valence electrons. The fraction of sp³-hybridized carbons (Fsp3) is 0.200. The van der Waals surface area contributed by atoms with Gasteiger partial charge in [0.25, 0.3) is 0 Å². The van der Waals surface area contributed by atoms with Crippen LogP contribution in [0.3, 0.4) is 0 Å². The van der Waals surface area contributed by atoms with Crippen molar-refractivity contribution in [3.05, 3.63) is 41.6 Å². The number of hydrogen-bond acceptors (Lipinski definition) is 4. The maximum atomic E-state index is 9.48. The quantitative estimate of drug-likeness (QED) is 0.766. The summed E-state index contributed by atoms with van der Waals surface area (Å²) in [6, 6.07) is 7.79. The number of aryl methyl sites for hydroxylation is 1. The van der Waals surface area contributed by atoms with E-state index >= 15 is 0 Å². The van der Waals surface area contributed by atoms with Crippen molar-refractivity contribution in [2.75, 3.05) is 7.11 Å². The van der Waals surface area contributed by atoms with Crippen LogP contribution in [0.25, 0.3) is 22.6 Å². The highest BCUT2D eigenvalue weighted by Crippen LogP contribution is 2.25. The highest BCUT2D eigenvalue weighted by molar-refractivity contribution is 5.79. The minimum absolute atomic E-state index is 0.115. The Labute approximate surface area is 116 Å². The van der Waals surface area contributed by atoms with E-state index in [1.54, 1.807) is 19.4 Å². The molecular weight excluding hydrogens is 254 g/mol. The van der Waals surface area contributed by atoms with Crippen LogP contribution in [-0.4, -0.2) is 27.2 Å². The van der Waals surface area contributed by atoms with E-state index in [0.29, 0.717) is 22.8 Å². The summed E-state index contributed by atoms with van der Waals surface area (Å²) in [5.41, 5.74) is 4.32. The van der Waals surface area contributed by atoms with Gasteiger partial charge in [-0.1, -0.05) is 6.07 Å². The number of methoxy groups -OCH3 is 1. The summed E-state index contributed by atoms with van der Waals surface area (Å²) in [6.45, 7) is 1.91. The fourth-order valence-corrected chi connectivity index (χ4v) is 2.16. The number of H-pyrrole nitrogens is 1. The van der Waals surface area contributed by atoms with Gasteiger partial charge >= 0.3 is 0 Å². The molecule has 0 radical (unpaired) electrons. The van der Waals surface area contributed by atoms with Gasteiger partial charge in [0, 0.05) is 5.56 Å². The van der Waals surface area contributed by atoms with Crippen molar-refractivity contribution in [1.82, 2.24) is 15.0 Å². The molecule has 0 aliphatic carbocycles. The van der Waals surface area contributed by atoms with Gasteiger partial charge in [-0.05, 0) is 30.7 Å². The molecule has 0 fully saturated rings. The summed E-state index contributed by atoms with van der Waals surface area (Å²) in [4.78, 5) is 12.1. The molecule has 5 nitrogen and oxygen atoms in total. The van der Waals surface area contributed by atoms with E-state index in [2.05, 4.69) is 15.0 Å². The number of aromatic amines is 1. The SMILES string of the molecule is COc1cnc(-c2nc3cc(C)ccc3[nH]2)c(CO)c1. The first-order valence-electron chi connectivity index (χ1n) is 6.32. The van der Waals surface area contributed by atoms with Crippen molar-refractivity contribution in [3.63, 3.8) is 0 Å². The highest BCUT2D eigenvalue weighted by Gasteiger charge is 2.12. The number of aliphatic hydroxyl groups excluding tert-OH is 1. The first-order valence-corrected chi connectivity index (χ1v) is 6.32. The van der Waals surface area contributed by atoms with Crippen LogP contribution in [0.4, 0.5) is 0 Å². The summed E-state index contributed by atoms with van der Waals surface area (Å²) in [7, 11) is 1.57. The van der Waals surface area contributed by atoms with Crippen molar-refractivity contribution in [3.8, 4) is 17.3 Å². The molecule has 2 aromatic heterocycles. The van der Waals surface area contributed by atoms with Crippen LogP contribution in [0.2, 0.25) is 0 Å². The van der Waals surface area contributed by atoms with Gasteiger partial charge in [0.15, 0.2) is 5.82 Å². The maximum Gasteiger partial charge on any atom is 0.157 e. The Hall–Kier alpha value is -2.40. The smallest absolute Gasteiger partial charge is 0.157 e. The van der Waals surface area contributed by atoms with Crippen LogP contribution in [0, 0.1) is 6.92 Å². The average Bonchev–Trinajstić information content (AvgIpc) is 2.89. The molecule has 2 N–H and O–H groups in total. The maximum absolute atomic E-state index is 9.48. The predicted octanol–water partition coefficient (Wildman–Crippen LogP) is 2.43. The summed E-state index contributed by atoms with van der Waals surface area (Å²) in [5.74, 6) is 1.27. The summed E-state index contributed by atoms with van der Waals surface area (Å²) in [5, 5.41) is 9.48. The van der Waals surface area contributed by atoms with Crippen molar-refractivity contribution >= 4 is 11.0 Å². The first-order chi connectivity index (χ1) is 9.71. The zero-order chi connectivity index (χ0) is 14.1. The summed E-state index contributed by atoms with van der Waals surface area (Å²) >= 11 is 0. The molecule has 0 amide bonds. The normalized spacial score (nSPS) is 10.9. The van der Waals surface area contributed by atoms with Gasteiger partial charge in [0.2, 0.25) is 0 Å². The van der Waals surface area contributed by atoms with Gasteiger partial charge < -0.3 is 14.8 Å². The van der Waals surface area contributed by atoms with Crippen molar-refractivity contribution in [2.24, 2.45) is 0 Å². The lowest BCUT2D eigenvalue weighted by Crippen LogP contribution is -1.96. The second-order valence-electron chi connectivity index (χ2n) is 4.65. The number of hydrogen-bond donors (Lipinski definition) is 2. The summed E-state index contributed by atoms with van der Waals surface area (Å²) < 4.78 is 5.12. The number of benzene rings is 1. The van der Waals surface area contributed by atoms with Gasteiger partial charge in [-0.2, -0.15) is 0 Å². The molecule has 0 bridgehead atoms. The molecule has 3 rings (SSSR count). The Morgan fingerprint density at radius 1 is 1.30 bits per heavy atom. The molecule has 0 spiro atoms. The lowest BCUT2D eigenvalue weighted by atomic mass is 10.2. The Kier molecular flexibility index (Phi) is 3.12. The number of fused-ring (bicyclic) bond motifs is 1. The number of rotatable bonds is 3. The molecule has 0 unspecified atom stereocenters. The largest absolute Gasteiger partial charge is 0.495 e. The van der Waals surface area contributed by atoms with E-state index in [1.807, 2.05) is 25.1 Å². The van der Waals surface area contributed by atoms with Crippen molar-refractivity contribution < 1.29 is 9.84 Å². The third-order valence-corrected chi connectivity index (χ3v) is 3.21. The zero-order valence-electron chi connectivity index (χ0n) is 11.3. The van der Waals surface area contributed by atoms with E-state index in [-0.39, 0.29) is 6.61 Å². The molecule has 0 aliphatic rings. The number of nitrogens with zero attached hydrogens (tertiary/aromatic N) is 2. The Balaban J connectivity index is 2.14. The van der Waals surface area contributed by atoms with E-state index < -0.39 is 0 Å². The van der Waals surface area contributed by atoms with Crippen LogP contribution in [0.15, 0.2) is 30.5 Å². The molecular formula is C15H15N3O2. The number of imidazole rings is 1. The molecule has 5 heteroatoms. The van der Waals surface area contributed by atoms with Crippen molar-refractivity contribution in [1.29, 1.82) is 0 Å². The fourth-order valence-electron chi connectivity index (χ4n) is 2.16. The Bertz CT molecular complexity index is 765.